The Morgan fingerprint density at radius 3 is 2.47 bits per heavy atom. The zero-order valence-electron chi connectivity index (χ0n) is 16.9. The maximum atomic E-state index is 12.1. The fourth-order valence-electron chi connectivity index (χ4n) is 2.60. The van der Waals surface area contributed by atoms with E-state index in [9.17, 15) is 19.2 Å². The molecule has 0 fully saturated rings. The van der Waals surface area contributed by atoms with Gasteiger partial charge in [0, 0.05) is 24.2 Å². The molecule has 3 aromatic rings. The third-order valence-electron chi connectivity index (χ3n) is 4.12. The van der Waals surface area contributed by atoms with Crippen LogP contribution in [0.5, 0.6) is 11.6 Å². The number of halogens is 2. The van der Waals surface area contributed by atoms with Crippen molar-refractivity contribution in [1.29, 1.82) is 0 Å². The predicted octanol–water partition coefficient (Wildman–Crippen LogP) is 1.81. The summed E-state index contributed by atoms with van der Waals surface area (Å²) in [6.07, 6.45) is 0.385. The number of hydrogen-bond donors (Lipinski definition) is 2. The predicted molar refractivity (Wildman–Crippen MR) is 115 cm³/mol. The van der Waals surface area contributed by atoms with E-state index >= 15 is 0 Å². The molecule has 168 valence electrons. The second-order valence-electron chi connectivity index (χ2n) is 6.56. The van der Waals surface area contributed by atoms with Crippen molar-refractivity contribution in [3.63, 3.8) is 0 Å². The number of aryl methyl sites for hydroxylation is 1. The molecule has 0 spiro atoms. The normalized spacial score (nSPS) is 10.8. The van der Waals surface area contributed by atoms with Crippen LogP contribution in [0, 0.1) is 0 Å². The highest BCUT2D eigenvalue weighted by Crippen LogP contribution is 2.38. The van der Waals surface area contributed by atoms with Crippen molar-refractivity contribution in [2.75, 3.05) is 6.61 Å². The molecule has 0 aliphatic heterocycles. The first kappa shape index (κ1) is 23.2. The van der Waals surface area contributed by atoms with Gasteiger partial charge in [-0.25, -0.2) is 14.6 Å². The Balaban J connectivity index is 1.91. The minimum absolute atomic E-state index is 0.00242. The number of rotatable bonds is 7. The quantitative estimate of drug-likeness (QED) is 0.485. The monoisotopic (exact) mass is 481 g/mol. The first-order valence-electron chi connectivity index (χ1n) is 9.28. The van der Waals surface area contributed by atoms with Gasteiger partial charge in [0.2, 0.25) is 5.88 Å². The second kappa shape index (κ2) is 9.79. The lowest BCUT2D eigenvalue weighted by molar-refractivity contribution is -0.142. The van der Waals surface area contributed by atoms with Gasteiger partial charge in [0.05, 0.1) is 23.1 Å². The molecular weight excluding hydrogens is 465 g/mol. The fraction of sp³-hybridized carbons (Fsp3) is 0.263. The number of nitrogens with one attached hydrogen (secondary N) is 2. The van der Waals surface area contributed by atoms with Gasteiger partial charge in [0.1, 0.15) is 0 Å². The summed E-state index contributed by atoms with van der Waals surface area (Å²) in [6, 6.07) is 4.02. The van der Waals surface area contributed by atoms with Crippen LogP contribution in [0.25, 0.3) is 11.3 Å². The summed E-state index contributed by atoms with van der Waals surface area (Å²) in [5, 5.41) is 9.94. The third-order valence-corrected chi connectivity index (χ3v) is 4.68. The number of carbonyl (C=O) groups is 1. The number of hydrogen-bond acceptors (Lipinski definition) is 8. The van der Waals surface area contributed by atoms with E-state index < -0.39 is 22.8 Å². The molecule has 1 aromatic carbocycles. The molecule has 2 N–H and O–H groups in total. The molecule has 0 saturated carbocycles. The first-order chi connectivity index (χ1) is 15.2. The largest absolute Gasteiger partial charge is 0.465 e. The van der Waals surface area contributed by atoms with Gasteiger partial charge in [0.25, 0.3) is 11.1 Å². The summed E-state index contributed by atoms with van der Waals surface area (Å²) in [5.74, 6) is -0.639. The molecule has 32 heavy (non-hydrogen) atoms. The lowest BCUT2D eigenvalue weighted by atomic mass is 10.1. The molecule has 2 heterocycles. The van der Waals surface area contributed by atoms with E-state index in [0.717, 1.165) is 4.68 Å². The number of benzene rings is 1. The van der Waals surface area contributed by atoms with E-state index in [4.69, 9.17) is 32.7 Å². The molecule has 0 amide bonds. The van der Waals surface area contributed by atoms with Crippen molar-refractivity contribution in [1.82, 2.24) is 25.0 Å². The van der Waals surface area contributed by atoms with Crippen LogP contribution in [0.1, 0.15) is 18.9 Å². The average molecular weight is 482 g/mol. The van der Waals surface area contributed by atoms with Gasteiger partial charge in [-0.15, -0.1) is 5.10 Å². The second-order valence-corrected chi connectivity index (χ2v) is 7.37. The van der Waals surface area contributed by atoms with Crippen molar-refractivity contribution in [3.05, 3.63) is 65.0 Å². The molecular formula is C19H17Cl2N5O6. The number of carbonyl (C=O) groups excluding carboxylic acids is 1. The zero-order valence-corrected chi connectivity index (χ0v) is 18.4. The maximum absolute atomic E-state index is 12.1. The smallest absolute Gasteiger partial charge is 0.344 e. The van der Waals surface area contributed by atoms with Crippen molar-refractivity contribution < 1.29 is 14.3 Å². The molecule has 0 aliphatic rings. The summed E-state index contributed by atoms with van der Waals surface area (Å²) >= 11 is 12.6. The average Bonchev–Trinajstić information content (AvgIpc) is 2.74. The van der Waals surface area contributed by atoms with Gasteiger partial charge < -0.3 is 9.47 Å². The topological polar surface area (TPSA) is 149 Å². The van der Waals surface area contributed by atoms with E-state index in [1.165, 1.54) is 25.2 Å². The minimum atomic E-state index is -0.712. The van der Waals surface area contributed by atoms with Gasteiger partial charge in [-0.1, -0.05) is 30.1 Å². The van der Waals surface area contributed by atoms with Crippen molar-refractivity contribution in [2.45, 2.75) is 19.8 Å². The van der Waals surface area contributed by atoms with Gasteiger partial charge in [-0.2, -0.15) is 5.10 Å². The third kappa shape index (κ3) is 5.24. The molecule has 3 rings (SSSR count). The van der Waals surface area contributed by atoms with Crippen molar-refractivity contribution in [3.8, 4) is 22.9 Å². The molecule has 11 nitrogen and oxygen atoms in total. The summed E-state index contributed by atoms with van der Waals surface area (Å²) in [4.78, 5) is 49.5. The van der Waals surface area contributed by atoms with Crippen LogP contribution in [-0.4, -0.2) is 37.5 Å². The van der Waals surface area contributed by atoms with E-state index in [1.807, 2.05) is 6.92 Å². The molecule has 0 saturated heterocycles. The SMILES string of the molecule is CCCOC(=O)Cc1cc(Oc2c(Cl)cc(-c3nn(C)c(=O)[nH]c3=O)cc2Cl)n[nH]c1=O. The van der Waals surface area contributed by atoms with Gasteiger partial charge in [-0.3, -0.25) is 19.4 Å². The Labute approximate surface area is 189 Å². The van der Waals surface area contributed by atoms with E-state index in [1.54, 1.807) is 0 Å². The Morgan fingerprint density at radius 1 is 1.12 bits per heavy atom. The van der Waals surface area contributed by atoms with E-state index in [-0.39, 0.29) is 51.5 Å². The Morgan fingerprint density at radius 2 is 1.81 bits per heavy atom. The first-order valence-corrected chi connectivity index (χ1v) is 10.0. The molecule has 13 heteroatoms. The van der Waals surface area contributed by atoms with Crippen molar-refractivity contribution in [2.24, 2.45) is 7.05 Å². The van der Waals surface area contributed by atoms with Crippen LogP contribution in [-0.2, 0) is 23.0 Å². The van der Waals surface area contributed by atoms with E-state index in [2.05, 4.69) is 20.3 Å². The van der Waals surface area contributed by atoms with Crippen LogP contribution in [0.2, 0.25) is 10.0 Å². The molecule has 0 unspecified atom stereocenters. The Hall–Kier alpha value is -3.44. The number of aromatic nitrogens is 5. The van der Waals surface area contributed by atoms with Crippen LogP contribution >= 0.6 is 23.2 Å². The molecule has 0 bridgehead atoms. The highest BCUT2D eigenvalue weighted by atomic mass is 35.5. The number of esters is 1. The number of nitrogens with zero attached hydrogens (tertiary/aromatic N) is 3. The molecule has 2 aromatic heterocycles. The Kier molecular flexibility index (Phi) is 7.11. The van der Waals surface area contributed by atoms with Crippen LogP contribution in [0.4, 0.5) is 0 Å². The number of aromatic amines is 2. The molecule has 0 aliphatic carbocycles. The number of H-pyrrole nitrogens is 2. The van der Waals surface area contributed by atoms with Crippen molar-refractivity contribution >= 4 is 29.2 Å². The molecule has 0 atom stereocenters. The van der Waals surface area contributed by atoms with Gasteiger partial charge in [0.15, 0.2) is 11.4 Å². The van der Waals surface area contributed by atoms with E-state index in [0.29, 0.717) is 6.42 Å². The summed E-state index contributed by atoms with van der Waals surface area (Å²) in [7, 11) is 1.37. The van der Waals surface area contributed by atoms with Gasteiger partial charge in [-0.05, 0) is 18.6 Å². The summed E-state index contributed by atoms with van der Waals surface area (Å²) in [6.45, 7) is 2.10. The lowest BCUT2D eigenvalue weighted by Crippen LogP contribution is -2.31. The highest BCUT2D eigenvalue weighted by molar-refractivity contribution is 6.37. The standard InChI is InChI=1S/C19H17Cl2N5O6/c1-3-4-31-14(27)8-10-7-13(23-24-17(10)28)32-16-11(20)5-9(6-12(16)21)15-18(29)22-19(30)26(2)25-15/h5-7H,3-4,8H2,1-2H3,(H,24,28)(H,22,29,30). The zero-order chi connectivity index (χ0) is 23.4. The number of ether oxygens (including phenoxy) is 2. The summed E-state index contributed by atoms with van der Waals surface area (Å²) < 4.78 is 11.5. The van der Waals surface area contributed by atoms with Crippen LogP contribution < -0.4 is 21.5 Å². The van der Waals surface area contributed by atoms with Crippen LogP contribution in [0.3, 0.4) is 0 Å². The fourth-order valence-corrected chi connectivity index (χ4v) is 3.16. The minimum Gasteiger partial charge on any atom is -0.465 e. The lowest BCUT2D eigenvalue weighted by Gasteiger charge is -2.11. The summed E-state index contributed by atoms with van der Waals surface area (Å²) in [5.41, 5.74) is -1.69. The molecule has 0 radical (unpaired) electrons. The highest BCUT2D eigenvalue weighted by Gasteiger charge is 2.17. The maximum Gasteiger partial charge on any atom is 0.344 e. The Bertz CT molecular complexity index is 1320. The van der Waals surface area contributed by atoms with Gasteiger partial charge >= 0.3 is 11.7 Å². The van der Waals surface area contributed by atoms with Crippen LogP contribution in [0.15, 0.2) is 32.6 Å².